The van der Waals surface area contributed by atoms with Gasteiger partial charge in [0.15, 0.2) is 0 Å². The average Bonchev–Trinajstić information content (AvgIpc) is 2.48. The van der Waals surface area contributed by atoms with Crippen LogP contribution in [-0.4, -0.2) is 14.7 Å². The number of benzene rings is 1. The Kier molecular flexibility index (Phi) is 3.31. The summed E-state index contributed by atoms with van der Waals surface area (Å²) in [5.41, 5.74) is 3.85. The molecule has 0 aliphatic heterocycles. The molecule has 2 aromatic heterocycles. The third-order valence-electron chi connectivity index (χ3n) is 3.65. The van der Waals surface area contributed by atoms with Gasteiger partial charge >= 0.3 is 0 Å². The molecule has 106 valence electrons. The second kappa shape index (κ2) is 5.14. The Hall–Kier alpha value is -2.46. The summed E-state index contributed by atoms with van der Waals surface area (Å²) in [5.74, 6) is 0. The van der Waals surface area contributed by atoms with Crippen molar-refractivity contribution in [2.24, 2.45) is 0 Å². The van der Waals surface area contributed by atoms with E-state index in [1.54, 1.807) is 16.8 Å². The molecule has 0 atom stereocenters. The Morgan fingerprint density at radius 1 is 1.14 bits per heavy atom. The molecule has 0 radical (unpaired) electrons. The number of hydrogen-bond donors (Lipinski definition) is 1. The van der Waals surface area contributed by atoms with Gasteiger partial charge in [-0.2, -0.15) is 0 Å². The van der Waals surface area contributed by atoms with E-state index in [0.29, 0.717) is 16.6 Å². The van der Waals surface area contributed by atoms with Crippen molar-refractivity contribution in [2.45, 2.75) is 20.5 Å². The number of para-hydroxylation sites is 1. The first-order chi connectivity index (χ1) is 10.1. The van der Waals surface area contributed by atoms with E-state index in [-0.39, 0.29) is 12.2 Å². The van der Waals surface area contributed by atoms with Gasteiger partial charge in [-0.1, -0.05) is 18.2 Å². The number of rotatable bonds is 2. The number of aryl methyl sites for hydroxylation is 2. The van der Waals surface area contributed by atoms with Crippen molar-refractivity contribution in [1.82, 2.24) is 9.55 Å². The van der Waals surface area contributed by atoms with Gasteiger partial charge in [0, 0.05) is 6.20 Å². The van der Waals surface area contributed by atoms with Gasteiger partial charge in [0.2, 0.25) is 0 Å². The summed E-state index contributed by atoms with van der Waals surface area (Å²) in [6.45, 7) is 3.72. The average molecular weight is 280 g/mol. The number of aliphatic hydroxyl groups is 1. The molecule has 0 saturated carbocycles. The van der Waals surface area contributed by atoms with Crippen LogP contribution in [0, 0.1) is 13.8 Å². The lowest BCUT2D eigenvalue weighted by molar-refractivity contribution is 0.277. The highest BCUT2D eigenvalue weighted by Gasteiger charge is 2.10. The number of fused-ring (bicyclic) bond motifs is 1. The molecule has 0 fully saturated rings. The SMILES string of the molecule is Cc1ccccc1-n1ccc2nc(CO)cc(C)c2c1=O. The zero-order valence-corrected chi connectivity index (χ0v) is 12.0. The number of hydrogen-bond acceptors (Lipinski definition) is 3. The van der Waals surface area contributed by atoms with Crippen LogP contribution in [-0.2, 0) is 6.61 Å². The topological polar surface area (TPSA) is 55.1 Å². The first-order valence-corrected chi connectivity index (χ1v) is 6.80. The maximum atomic E-state index is 12.8. The van der Waals surface area contributed by atoms with E-state index in [2.05, 4.69) is 4.98 Å². The maximum absolute atomic E-state index is 12.8. The van der Waals surface area contributed by atoms with Gasteiger partial charge in [0.25, 0.3) is 5.56 Å². The molecule has 2 heterocycles. The molecule has 0 saturated heterocycles. The van der Waals surface area contributed by atoms with Crippen LogP contribution in [0.5, 0.6) is 0 Å². The van der Waals surface area contributed by atoms with Crippen LogP contribution in [0.2, 0.25) is 0 Å². The molecule has 3 aromatic rings. The number of aromatic nitrogens is 2. The fourth-order valence-corrected chi connectivity index (χ4v) is 2.60. The van der Waals surface area contributed by atoms with Gasteiger partial charge in [0.1, 0.15) is 0 Å². The van der Waals surface area contributed by atoms with E-state index in [0.717, 1.165) is 16.8 Å². The van der Waals surface area contributed by atoms with Gasteiger partial charge in [-0.05, 0) is 43.2 Å². The van der Waals surface area contributed by atoms with E-state index in [1.807, 2.05) is 44.2 Å². The predicted molar refractivity (Wildman–Crippen MR) is 82.7 cm³/mol. The highest BCUT2D eigenvalue weighted by molar-refractivity contribution is 5.81. The number of nitrogens with zero attached hydrogens (tertiary/aromatic N) is 2. The summed E-state index contributed by atoms with van der Waals surface area (Å²) in [6, 6.07) is 11.3. The van der Waals surface area contributed by atoms with Crippen molar-refractivity contribution >= 4 is 10.9 Å². The predicted octanol–water partition coefficient (Wildman–Crippen LogP) is 2.49. The molecule has 0 aliphatic carbocycles. The van der Waals surface area contributed by atoms with Crippen LogP contribution in [0.4, 0.5) is 0 Å². The van der Waals surface area contributed by atoms with Crippen LogP contribution < -0.4 is 5.56 Å². The minimum absolute atomic E-state index is 0.0868. The Bertz CT molecular complexity index is 882. The van der Waals surface area contributed by atoms with Crippen molar-refractivity contribution < 1.29 is 5.11 Å². The minimum Gasteiger partial charge on any atom is -0.390 e. The highest BCUT2D eigenvalue weighted by atomic mass is 16.3. The lowest BCUT2D eigenvalue weighted by atomic mass is 10.1. The molecule has 1 N–H and O–H groups in total. The van der Waals surface area contributed by atoms with E-state index >= 15 is 0 Å². The summed E-state index contributed by atoms with van der Waals surface area (Å²) in [4.78, 5) is 17.1. The molecule has 4 nitrogen and oxygen atoms in total. The van der Waals surface area contributed by atoms with Crippen LogP contribution in [0.1, 0.15) is 16.8 Å². The summed E-state index contributed by atoms with van der Waals surface area (Å²) < 4.78 is 1.64. The Labute approximate surface area is 122 Å². The summed E-state index contributed by atoms with van der Waals surface area (Å²) in [6.07, 6.45) is 1.74. The second-order valence-electron chi connectivity index (χ2n) is 5.13. The van der Waals surface area contributed by atoms with Crippen molar-refractivity contribution in [3.05, 3.63) is 69.8 Å². The lowest BCUT2D eigenvalue weighted by Crippen LogP contribution is -2.19. The number of pyridine rings is 2. The molecule has 21 heavy (non-hydrogen) atoms. The van der Waals surface area contributed by atoms with Crippen molar-refractivity contribution in [3.63, 3.8) is 0 Å². The molecule has 4 heteroatoms. The third-order valence-corrected chi connectivity index (χ3v) is 3.65. The monoisotopic (exact) mass is 280 g/mol. The minimum atomic E-state index is -0.127. The van der Waals surface area contributed by atoms with Crippen molar-refractivity contribution in [1.29, 1.82) is 0 Å². The molecule has 0 aliphatic rings. The van der Waals surface area contributed by atoms with Gasteiger partial charge in [-0.3, -0.25) is 14.3 Å². The Morgan fingerprint density at radius 3 is 2.62 bits per heavy atom. The van der Waals surface area contributed by atoms with Gasteiger partial charge in [-0.15, -0.1) is 0 Å². The largest absolute Gasteiger partial charge is 0.390 e. The van der Waals surface area contributed by atoms with Crippen LogP contribution in [0.3, 0.4) is 0 Å². The molecular formula is C17H16N2O2. The summed E-state index contributed by atoms with van der Waals surface area (Å²) >= 11 is 0. The normalized spacial score (nSPS) is 11.0. The first-order valence-electron chi connectivity index (χ1n) is 6.80. The van der Waals surface area contributed by atoms with Crippen molar-refractivity contribution in [2.75, 3.05) is 0 Å². The molecule has 0 bridgehead atoms. The van der Waals surface area contributed by atoms with E-state index in [9.17, 15) is 9.90 Å². The van der Waals surface area contributed by atoms with Gasteiger partial charge in [0.05, 0.1) is 28.9 Å². The fraction of sp³-hybridized carbons (Fsp3) is 0.176. The number of aliphatic hydroxyl groups excluding tert-OH is 1. The van der Waals surface area contributed by atoms with Crippen LogP contribution in [0.15, 0.2) is 47.4 Å². The third kappa shape index (κ3) is 2.23. The lowest BCUT2D eigenvalue weighted by Gasteiger charge is -2.11. The van der Waals surface area contributed by atoms with Gasteiger partial charge in [-0.25, -0.2) is 0 Å². The zero-order chi connectivity index (χ0) is 15.0. The van der Waals surface area contributed by atoms with Gasteiger partial charge < -0.3 is 5.11 Å². The Balaban J connectivity index is 2.34. The summed E-state index contributed by atoms with van der Waals surface area (Å²) in [5, 5.41) is 9.81. The molecule has 1 aromatic carbocycles. The summed E-state index contributed by atoms with van der Waals surface area (Å²) in [7, 11) is 0. The molecule has 0 amide bonds. The van der Waals surface area contributed by atoms with E-state index in [4.69, 9.17) is 0 Å². The van der Waals surface area contributed by atoms with Crippen LogP contribution >= 0.6 is 0 Å². The van der Waals surface area contributed by atoms with E-state index < -0.39 is 0 Å². The molecule has 3 rings (SSSR count). The quantitative estimate of drug-likeness (QED) is 0.784. The highest BCUT2D eigenvalue weighted by Crippen LogP contribution is 2.17. The molecule has 0 spiro atoms. The Morgan fingerprint density at radius 2 is 1.90 bits per heavy atom. The van der Waals surface area contributed by atoms with Crippen molar-refractivity contribution in [3.8, 4) is 5.69 Å². The maximum Gasteiger partial charge on any atom is 0.264 e. The first kappa shape index (κ1) is 13.5. The van der Waals surface area contributed by atoms with Crippen LogP contribution in [0.25, 0.3) is 16.6 Å². The molecule has 0 unspecified atom stereocenters. The molecular weight excluding hydrogens is 264 g/mol. The second-order valence-corrected chi connectivity index (χ2v) is 5.13. The fourth-order valence-electron chi connectivity index (χ4n) is 2.60. The standard InChI is InChI=1S/C17H16N2O2/c1-11-5-3-4-6-15(11)19-8-7-14-16(17(19)21)12(2)9-13(10-20)18-14/h3-9,20H,10H2,1-2H3. The smallest absolute Gasteiger partial charge is 0.264 e. The zero-order valence-electron chi connectivity index (χ0n) is 12.0. The van der Waals surface area contributed by atoms with E-state index in [1.165, 1.54) is 0 Å².